The summed E-state index contributed by atoms with van der Waals surface area (Å²) in [6.07, 6.45) is 0.664. The first kappa shape index (κ1) is 23.4. The largest absolute Gasteiger partial charge is 0.508 e. The Morgan fingerprint density at radius 1 is 0.970 bits per heavy atom. The van der Waals surface area contributed by atoms with Crippen LogP contribution in [-0.4, -0.2) is 66.8 Å². The molecule has 1 saturated heterocycles. The second-order valence-electron chi connectivity index (χ2n) is 9.17. The highest BCUT2D eigenvalue weighted by Crippen LogP contribution is 2.33. The fraction of sp³-hybridized carbons (Fsp3) is 0.407. The molecule has 4 rings (SSSR count). The van der Waals surface area contributed by atoms with E-state index in [0.717, 1.165) is 66.2 Å². The maximum Gasteiger partial charge on any atom is 0.123 e. The van der Waals surface area contributed by atoms with Gasteiger partial charge in [-0.2, -0.15) is 0 Å². The van der Waals surface area contributed by atoms with Gasteiger partial charge in [0.15, 0.2) is 0 Å². The highest BCUT2D eigenvalue weighted by Gasteiger charge is 2.17. The van der Waals surface area contributed by atoms with Gasteiger partial charge >= 0.3 is 0 Å². The Labute approximate surface area is 195 Å². The summed E-state index contributed by atoms with van der Waals surface area (Å²) in [6.45, 7) is 8.71. The number of aliphatic hydroxyl groups is 1. The Morgan fingerprint density at radius 3 is 2.45 bits per heavy atom. The second kappa shape index (κ2) is 10.4. The summed E-state index contributed by atoms with van der Waals surface area (Å²) in [4.78, 5) is 2.35. The van der Waals surface area contributed by atoms with Gasteiger partial charge in [0.05, 0.1) is 18.8 Å². The van der Waals surface area contributed by atoms with Gasteiger partial charge in [-0.3, -0.25) is 4.90 Å². The lowest BCUT2D eigenvalue weighted by molar-refractivity contribution is 0.0282. The highest BCUT2D eigenvalue weighted by molar-refractivity contribution is 5.89. The summed E-state index contributed by atoms with van der Waals surface area (Å²) in [5, 5.41) is 22.0. The second-order valence-corrected chi connectivity index (χ2v) is 9.17. The van der Waals surface area contributed by atoms with Gasteiger partial charge < -0.3 is 24.4 Å². The van der Waals surface area contributed by atoms with E-state index in [1.807, 2.05) is 30.3 Å². The van der Waals surface area contributed by atoms with Gasteiger partial charge in [-0.05, 0) is 60.5 Å². The van der Waals surface area contributed by atoms with Crippen LogP contribution in [0.2, 0.25) is 0 Å². The van der Waals surface area contributed by atoms with Crippen molar-refractivity contribution < 1.29 is 24.4 Å². The van der Waals surface area contributed by atoms with E-state index in [0.29, 0.717) is 13.0 Å². The van der Waals surface area contributed by atoms with E-state index in [9.17, 15) is 10.2 Å². The van der Waals surface area contributed by atoms with Gasteiger partial charge in [0.1, 0.15) is 30.5 Å². The van der Waals surface area contributed by atoms with Crippen LogP contribution in [-0.2, 0) is 11.2 Å². The maximum absolute atomic E-state index is 10.1. The molecule has 0 bridgehead atoms. The van der Waals surface area contributed by atoms with Crippen LogP contribution in [0, 0.1) is 0 Å². The SMILES string of the molecule is CC(C)(O)COc1ccc2cc(O)ccc2c1Cc1ccc(OCCN2CCOCC2)cc1. The fourth-order valence-corrected chi connectivity index (χ4v) is 3.96. The number of ether oxygens (including phenoxy) is 3. The van der Waals surface area contributed by atoms with Crippen molar-refractivity contribution in [3.05, 3.63) is 65.7 Å². The summed E-state index contributed by atoms with van der Waals surface area (Å²) in [7, 11) is 0. The van der Waals surface area contributed by atoms with Crippen molar-refractivity contribution in [3.8, 4) is 17.2 Å². The van der Waals surface area contributed by atoms with E-state index in [2.05, 4.69) is 17.0 Å². The molecule has 0 amide bonds. The number of rotatable bonds is 9. The number of morpholine rings is 1. The van der Waals surface area contributed by atoms with E-state index in [4.69, 9.17) is 14.2 Å². The lowest BCUT2D eigenvalue weighted by Gasteiger charge is -2.26. The molecule has 1 aliphatic rings. The summed E-state index contributed by atoms with van der Waals surface area (Å²) in [5.41, 5.74) is 1.23. The van der Waals surface area contributed by atoms with Crippen molar-refractivity contribution in [2.75, 3.05) is 46.1 Å². The molecule has 6 nitrogen and oxygen atoms in total. The molecule has 0 aliphatic carbocycles. The molecule has 1 fully saturated rings. The lowest BCUT2D eigenvalue weighted by atomic mass is 9.97. The van der Waals surface area contributed by atoms with Gasteiger partial charge in [0.2, 0.25) is 0 Å². The van der Waals surface area contributed by atoms with Crippen LogP contribution in [0.5, 0.6) is 17.2 Å². The molecular formula is C27H33NO5. The lowest BCUT2D eigenvalue weighted by Crippen LogP contribution is -2.38. The molecule has 6 heteroatoms. The summed E-state index contributed by atoms with van der Waals surface area (Å²) in [5.74, 6) is 1.83. The molecule has 0 atom stereocenters. The molecule has 2 N–H and O–H groups in total. The standard InChI is InChI=1S/C27H33NO5/c1-27(2,30)19-33-26-10-5-21-18-22(29)6-9-24(21)25(26)17-20-3-7-23(8-4-20)32-16-13-28-11-14-31-15-12-28/h3-10,18,29-30H,11-17,19H2,1-2H3. The normalized spacial score (nSPS) is 15.0. The van der Waals surface area contributed by atoms with E-state index in [1.54, 1.807) is 26.0 Å². The van der Waals surface area contributed by atoms with Crippen LogP contribution in [0.4, 0.5) is 0 Å². The number of phenolic OH excluding ortho intramolecular Hbond substituents is 1. The molecule has 3 aromatic carbocycles. The Morgan fingerprint density at radius 2 is 1.73 bits per heavy atom. The number of benzene rings is 3. The van der Waals surface area contributed by atoms with E-state index in [-0.39, 0.29) is 12.4 Å². The van der Waals surface area contributed by atoms with Crippen LogP contribution in [0.25, 0.3) is 10.8 Å². The Balaban J connectivity index is 1.47. The van der Waals surface area contributed by atoms with Crippen LogP contribution in [0.1, 0.15) is 25.0 Å². The monoisotopic (exact) mass is 451 g/mol. The maximum atomic E-state index is 10.1. The number of phenols is 1. The zero-order chi connectivity index (χ0) is 23.3. The van der Waals surface area contributed by atoms with Gasteiger partial charge in [0, 0.05) is 31.6 Å². The fourth-order valence-electron chi connectivity index (χ4n) is 3.96. The molecule has 0 spiro atoms. The van der Waals surface area contributed by atoms with Crippen molar-refractivity contribution >= 4 is 10.8 Å². The first-order valence-electron chi connectivity index (χ1n) is 11.5. The third-order valence-electron chi connectivity index (χ3n) is 5.74. The summed E-state index contributed by atoms with van der Waals surface area (Å²) in [6, 6.07) is 17.4. The van der Waals surface area contributed by atoms with Gasteiger partial charge in [-0.25, -0.2) is 0 Å². The summed E-state index contributed by atoms with van der Waals surface area (Å²) >= 11 is 0. The molecule has 0 aromatic heterocycles. The van der Waals surface area contributed by atoms with E-state index >= 15 is 0 Å². The van der Waals surface area contributed by atoms with Crippen molar-refractivity contribution in [3.63, 3.8) is 0 Å². The molecule has 0 unspecified atom stereocenters. The zero-order valence-electron chi connectivity index (χ0n) is 19.4. The molecule has 33 heavy (non-hydrogen) atoms. The minimum absolute atomic E-state index is 0.194. The first-order chi connectivity index (χ1) is 15.9. The van der Waals surface area contributed by atoms with Crippen molar-refractivity contribution in [1.82, 2.24) is 4.90 Å². The van der Waals surface area contributed by atoms with Crippen molar-refractivity contribution in [2.45, 2.75) is 25.9 Å². The number of nitrogens with zero attached hydrogens (tertiary/aromatic N) is 1. The van der Waals surface area contributed by atoms with Crippen LogP contribution in [0.3, 0.4) is 0 Å². The van der Waals surface area contributed by atoms with Crippen molar-refractivity contribution in [1.29, 1.82) is 0 Å². The molecular weight excluding hydrogens is 418 g/mol. The van der Waals surface area contributed by atoms with Crippen molar-refractivity contribution in [2.24, 2.45) is 0 Å². The Hall–Kier alpha value is -2.80. The van der Waals surface area contributed by atoms with Gasteiger partial charge in [-0.15, -0.1) is 0 Å². The molecule has 1 aliphatic heterocycles. The zero-order valence-corrected chi connectivity index (χ0v) is 19.4. The summed E-state index contributed by atoms with van der Waals surface area (Å²) < 4.78 is 17.3. The number of aromatic hydroxyl groups is 1. The quantitative estimate of drug-likeness (QED) is 0.513. The van der Waals surface area contributed by atoms with Crippen LogP contribution < -0.4 is 9.47 Å². The molecule has 0 saturated carbocycles. The van der Waals surface area contributed by atoms with E-state index < -0.39 is 5.60 Å². The average Bonchev–Trinajstić information content (AvgIpc) is 2.79. The smallest absolute Gasteiger partial charge is 0.123 e. The van der Waals surface area contributed by atoms with Crippen LogP contribution in [0.15, 0.2) is 54.6 Å². The predicted molar refractivity (Wildman–Crippen MR) is 129 cm³/mol. The Kier molecular flexibility index (Phi) is 7.38. The number of fused-ring (bicyclic) bond motifs is 1. The minimum Gasteiger partial charge on any atom is -0.508 e. The van der Waals surface area contributed by atoms with Gasteiger partial charge in [-0.1, -0.05) is 24.3 Å². The first-order valence-corrected chi connectivity index (χ1v) is 11.5. The average molecular weight is 452 g/mol. The molecule has 1 heterocycles. The third kappa shape index (κ3) is 6.60. The predicted octanol–water partition coefficient (Wildman–Crippen LogP) is 4.00. The molecule has 3 aromatic rings. The Bertz CT molecular complexity index is 1050. The van der Waals surface area contributed by atoms with Gasteiger partial charge in [0.25, 0.3) is 0 Å². The minimum atomic E-state index is -0.929. The number of hydrogen-bond acceptors (Lipinski definition) is 6. The molecule has 176 valence electrons. The van der Waals surface area contributed by atoms with Crippen LogP contribution >= 0.6 is 0 Å². The van der Waals surface area contributed by atoms with E-state index in [1.165, 1.54) is 0 Å². The number of hydrogen-bond donors (Lipinski definition) is 2. The molecule has 0 radical (unpaired) electrons. The topological polar surface area (TPSA) is 71.4 Å². The third-order valence-corrected chi connectivity index (χ3v) is 5.74. The highest BCUT2D eigenvalue weighted by atomic mass is 16.5.